The second kappa shape index (κ2) is 11.4. The Bertz CT molecular complexity index is 1590. The molecule has 0 fully saturated rings. The van der Waals surface area contributed by atoms with E-state index in [0.717, 1.165) is 0 Å². The summed E-state index contributed by atoms with van der Waals surface area (Å²) in [6.45, 7) is 6.63. The summed E-state index contributed by atoms with van der Waals surface area (Å²) in [7, 11) is -3.03. The van der Waals surface area contributed by atoms with E-state index in [0.29, 0.717) is 0 Å². The Kier molecular flexibility index (Phi) is 7.49. The lowest BCUT2D eigenvalue weighted by Crippen LogP contribution is -2.65. The molecule has 41 heavy (non-hydrogen) atoms. The van der Waals surface area contributed by atoms with Gasteiger partial charge in [-0.2, -0.15) is 0 Å². The summed E-state index contributed by atoms with van der Waals surface area (Å²) in [6.07, 6.45) is 0. The van der Waals surface area contributed by atoms with Crippen LogP contribution in [0.1, 0.15) is 16.7 Å². The van der Waals surface area contributed by atoms with Crippen LogP contribution in [0.3, 0.4) is 0 Å². The van der Waals surface area contributed by atoms with Crippen LogP contribution in [0.2, 0.25) is 0 Å². The zero-order chi connectivity index (χ0) is 28.4. The quantitative estimate of drug-likeness (QED) is 0.108. The lowest BCUT2D eigenvalue weighted by Gasteiger charge is -2.32. The summed E-state index contributed by atoms with van der Waals surface area (Å²) in [4.78, 5) is 0. The molecule has 0 aliphatic heterocycles. The minimum atomic E-state index is -3.03. The van der Waals surface area contributed by atoms with Crippen LogP contribution < -0.4 is 15.6 Å². The second-order valence-electron chi connectivity index (χ2n) is 10.8. The highest BCUT2D eigenvalue weighted by atomic mass is 35.6. The summed E-state index contributed by atoms with van der Waals surface area (Å²) in [5.74, 6) is 0. The Balaban J connectivity index is 1.66. The van der Waals surface area contributed by atoms with E-state index in [9.17, 15) is 0 Å². The van der Waals surface area contributed by atoms with Crippen LogP contribution in [0.5, 0.6) is 0 Å². The van der Waals surface area contributed by atoms with Crippen LogP contribution in [-0.2, 0) is 0 Å². The highest BCUT2D eigenvalue weighted by Crippen LogP contribution is 2.28. The van der Waals surface area contributed by atoms with Gasteiger partial charge in [0, 0.05) is 0 Å². The van der Waals surface area contributed by atoms with E-state index in [2.05, 4.69) is 166 Å². The van der Waals surface area contributed by atoms with Crippen LogP contribution in [0.15, 0.2) is 146 Å². The lowest BCUT2D eigenvalue weighted by atomic mass is 10.0. The molecule has 200 valence electrons. The zero-order valence-corrected chi connectivity index (χ0v) is 25.5. The Morgan fingerprint density at radius 3 is 0.878 bits per heavy atom. The van der Waals surface area contributed by atoms with Gasteiger partial charge in [-0.05, 0) is 86.4 Å². The molecule has 0 nitrogen and oxygen atoms in total. The maximum Gasteiger partial charge on any atom is 0.248 e. The largest absolute Gasteiger partial charge is 0.248 e. The number of aryl methyl sites for hydroxylation is 3. The van der Waals surface area contributed by atoms with Crippen LogP contribution >= 0.6 is 11.1 Å². The van der Waals surface area contributed by atoms with E-state index in [1.54, 1.807) is 0 Å². The van der Waals surface area contributed by atoms with Crippen molar-refractivity contribution in [3.8, 4) is 33.4 Å². The molecule has 0 aliphatic rings. The molecule has 6 aromatic carbocycles. The minimum Gasteiger partial charge on any atom is -0.149 e. The smallest absolute Gasteiger partial charge is 0.149 e. The fourth-order valence-corrected chi connectivity index (χ4v) is 11.5. The second-order valence-corrected chi connectivity index (χ2v) is 15.5. The molecule has 0 saturated carbocycles. The Morgan fingerprint density at radius 2 is 0.610 bits per heavy atom. The number of benzene rings is 6. The molecule has 0 amide bonds. The van der Waals surface area contributed by atoms with Crippen molar-refractivity contribution in [3.63, 3.8) is 0 Å². The predicted molar refractivity (Wildman–Crippen MR) is 180 cm³/mol. The van der Waals surface area contributed by atoms with Crippen molar-refractivity contribution >= 4 is 34.0 Å². The van der Waals surface area contributed by atoms with E-state index in [4.69, 9.17) is 11.1 Å². The number of hydrogen-bond acceptors (Lipinski definition) is 0. The first-order valence-corrected chi connectivity index (χ1v) is 17.1. The number of hydrogen-bond donors (Lipinski definition) is 0. The van der Waals surface area contributed by atoms with Crippen LogP contribution in [0.4, 0.5) is 0 Å². The van der Waals surface area contributed by atoms with Gasteiger partial charge in [-0.3, -0.25) is 0 Å². The van der Waals surface area contributed by atoms with Crippen molar-refractivity contribution < 1.29 is 0 Å². The predicted octanol–water partition coefficient (Wildman–Crippen LogP) is 8.82. The molecule has 0 spiro atoms. The third-order valence-electron chi connectivity index (χ3n) is 8.15. The third-order valence-corrected chi connectivity index (χ3v) is 13.8. The first kappa shape index (κ1) is 27.0. The molecule has 6 rings (SSSR count). The highest BCUT2D eigenvalue weighted by Gasteiger charge is 2.42. The van der Waals surface area contributed by atoms with Gasteiger partial charge in [0.25, 0.3) is 0 Å². The van der Waals surface area contributed by atoms with Gasteiger partial charge in [0.2, 0.25) is 7.38 Å². The first-order valence-electron chi connectivity index (χ1n) is 14.1. The van der Waals surface area contributed by atoms with Gasteiger partial charge in [-0.15, -0.1) is 11.1 Å². The Labute approximate surface area is 249 Å². The monoisotopic (exact) mass is 564 g/mol. The molecule has 0 saturated heterocycles. The number of rotatable bonds is 6. The average Bonchev–Trinajstić information content (AvgIpc) is 3.02. The lowest BCUT2D eigenvalue weighted by molar-refractivity contribution is 1.46. The van der Waals surface area contributed by atoms with Gasteiger partial charge in [0.15, 0.2) is 0 Å². The average molecular weight is 565 g/mol. The summed E-state index contributed by atoms with van der Waals surface area (Å²) in [5, 5.41) is 3.71. The molecular formula is C39H33ClSi. The standard InChI is InChI=1S/C39H33ClSi/c1-28-19-22-34(31-13-7-4-8-14-31)25-37(28)41(40,38-26-35(23-20-29(38)2)32-15-9-5-10-16-32)39-27-36(24-21-30(39)3)33-17-11-6-12-18-33/h4-27H,1-3H3. The first-order chi connectivity index (χ1) is 19.9. The zero-order valence-electron chi connectivity index (χ0n) is 23.7. The molecule has 0 heterocycles. The van der Waals surface area contributed by atoms with Crippen LogP contribution in [0.25, 0.3) is 33.4 Å². The molecule has 0 radical (unpaired) electrons. The molecule has 6 aromatic rings. The van der Waals surface area contributed by atoms with Gasteiger partial charge in [-0.1, -0.05) is 146 Å². The molecule has 0 bridgehead atoms. The topological polar surface area (TPSA) is 0 Å². The molecule has 0 unspecified atom stereocenters. The molecule has 0 atom stereocenters. The molecule has 0 aromatic heterocycles. The third kappa shape index (κ3) is 5.20. The normalized spacial score (nSPS) is 11.4. The van der Waals surface area contributed by atoms with Crippen LogP contribution in [-0.4, -0.2) is 7.38 Å². The maximum absolute atomic E-state index is 8.35. The van der Waals surface area contributed by atoms with Gasteiger partial charge < -0.3 is 0 Å². The maximum atomic E-state index is 8.35. The molecule has 0 aliphatic carbocycles. The summed E-state index contributed by atoms with van der Waals surface area (Å²) >= 11 is 8.35. The van der Waals surface area contributed by atoms with E-state index in [-0.39, 0.29) is 0 Å². The van der Waals surface area contributed by atoms with Crippen molar-refractivity contribution in [2.75, 3.05) is 0 Å². The van der Waals surface area contributed by atoms with E-state index >= 15 is 0 Å². The van der Waals surface area contributed by atoms with Gasteiger partial charge in [0.1, 0.15) is 0 Å². The summed E-state index contributed by atoms with van der Waals surface area (Å²) in [5.41, 5.74) is 10.8. The Morgan fingerprint density at radius 1 is 0.341 bits per heavy atom. The summed E-state index contributed by atoms with van der Waals surface area (Å²) in [6, 6.07) is 52.3. The van der Waals surface area contributed by atoms with Crippen LogP contribution in [0, 0.1) is 20.8 Å². The molecule has 0 N–H and O–H groups in total. The van der Waals surface area contributed by atoms with Crippen molar-refractivity contribution in [1.82, 2.24) is 0 Å². The SMILES string of the molecule is Cc1ccc(-c2ccccc2)cc1[Si](Cl)(c1cc(-c2ccccc2)ccc1C)c1cc(-c2ccccc2)ccc1C. The van der Waals surface area contributed by atoms with E-state index < -0.39 is 7.38 Å². The molecular weight excluding hydrogens is 532 g/mol. The van der Waals surface area contributed by atoms with E-state index in [1.807, 2.05) is 0 Å². The van der Waals surface area contributed by atoms with Crippen molar-refractivity contribution in [2.24, 2.45) is 0 Å². The van der Waals surface area contributed by atoms with Gasteiger partial charge >= 0.3 is 0 Å². The Hall–Kier alpha value is -4.17. The van der Waals surface area contributed by atoms with E-state index in [1.165, 1.54) is 65.6 Å². The minimum absolute atomic E-state index is 1.19. The fourth-order valence-electron chi connectivity index (χ4n) is 5.85. The molecule has 2 heteroatoms. The van der Waals surface area contributed by atoms with Crippen molar-refractivity contribution in [3.05, 3.63) is 162 Å². The van der Waals surface area contributed by atoms with Gasteiger partial charge in [0.05, 0.1) is 0 Å². The summed E-state index contributed by atoms with van der Waals surface area (Å²) < 4.78 is 0. The van der Waals surface area contributed by atoms with Gasteiger partial charge in [-0.25, -0.2) is 0 Å². The number of halogens is 1. The van der Waals surface area contributed by atoms with Crippen molar-refractivity contribution in [2.45, 2.75) is 20.8 Å². The fraction of sp³-hybridized carbons (Fsp3) is 0.0769. The van der Waals surface area contributed by atoms with Crippen molar-refractivity contribution in [1.29, 1.82) is 0 Å². The highest BCUT2D eigenvalue weighted by molar-refractivity contribution is 7.40.